The smallest absolute Gasteiger partial charge is 0.253 e. The van der Waals surface area contributed by atoms with E-state index in [2.05, 4.69) is 34.6 Å². The fourth-order valence-electron chi connectivity index (χ4n) is 6.45. The van der Waals surface area contributed by atoms with Crippen LogP contribution < -0.4 is 0 Å². The molecule has 35 heavy (non-hydrogen) atoms. The first-order valence-corrected chi connectivity index (χ1v) is 13.4. The summed E-state index contributed by atoms with van der Waals surface area (Å²) < 4.78 is 0. The van der Waals surface area contributed by atoms with Crippen molar-refractivity contribution in [2.45, 2.75) is 63.1 Å². The molecule has 3 heterocycles. The van der Waals surface area contributed by atoms with Crippen LogP contribution in [0.25, 0.3) is 0 Å². The molecule has 3 unspecified atom stereocenters. The third-order valence-electron chi connectivity index (χ3n) is 8.22. The average Bonchev–Trinajstić information content (AvgIpc) is 3.02. The molecule has 1 amide bonds. The van der Waals surface area contributed by atoms with Gasteiger partial charge in [0, 0.05) is 50.4 Å². The molecule has 2 aromatic carbocycles. The Labute approximate surface area is 210 Å². The van der Waals surface area contributed by atoms with Gasteiger partial charge in [-0.15, -0.1) is 6.58 Å². The van der Waals surface area contributed by atoms with E-state index in [4.69, 9.17) is 0 Å². The van der Waals surface area contributed by atoms with Crippen LogP contribution in [0.15, 0.2) is 61.2 Å². The number of phenols is 1. The summed E-state index contributed by atoms with van der Waals surface area (Å²) in [5.74, 6) is 0.449. The van der Waals surface area contributed by atoms with Crippen molar-refractivity contribution in [1.29, 1.82) is 0 Å². The van der Waals surface area contributed by atoms with Crippen LogP contribution >= 0.6 is 0 Å². The second-order valence-electron chi connectivity index (χ2n) is 10.5. The predicted octanol–water partition coefficient (Wildman–Crippen LogP) is 5.22. The highest BCUT2D eigenvalue weighted by molar-refractivity contribution is 5.94. The summed E-state index contributed by atoms with van der Waals surface area (Å²) in [4.78, 5) is 20.4. The maximum Gasteiger partial charge on any atom is 0.253 e. The highest BCUT2D eigenvalue weighted by atomic mass is 16.3. The third-order valence-corrected chi connectivity index (χ3v) is 8.22. The molecular formula is C30H39N3O2. The minimum absolute atomic E-state index is 0.0503. The van der Waals surface area contributed by atoms with Gasteiger partial charge in [-0.05, 0) is 67.5 Å². The van der Waals surface area contributed by atoms with Gasteiger partial charge in [0.1, 0.15) is 5.75 Å². The van der Waals surface area contributed by atoms with E-state index in [0.29, 0.717) is 17.8 Å². The topological polar surface area (TPSA) is 47.0 Å². The first kappa shape index (κ1) is 24.1. The van der Waals surface area contributed by atoms with Crippen molar-refractivity contribution in [1.82, 2.24) is 14.7 Å². The minimum atomic E-state index is 0.0503. The molecule has 1 N–H and O–H groups in total. The number of benzene rings is 2. The molecule has 186 valence electrons. The van der Waals surface area contributed by atoms with Crippen molar-refractivity contribution < 1.29 is 9.90 Å². The van der Waals surface area contributed by atoms with Crippen LogP contribution in [0.1, 0.15) is 72.5 Å². The van der Waals surface area contributed by atoms with E-state index in [1.54, 1.807) is 6.07 Å². The first-order chi connectivity index (χ1) is 17.1. The molecule has 2 bridgehead atoms. The molecule has 3 fully saturated rings. The molecule has 5 rings (SSSR count). The minimum Gasteiger partial charge on any atom is -0.508 e. The zero-order chi connectivity index (χ0) is 24.2. The number of carbonyl (C=O) groups is 1. The largest absolute Gasteiger partial charge is 0.508 e. The number of nitrogens with zero attached hydrogens (tertiary/aromatic N) is 3. The van der Waals surface area contributed by atoms with Gasteiger partial charge in [0.15, 0.2) is 0 Å². The molecule has 3 aliphatic heterocycles. The van der Waals surface area contributed by atoms with Crippen molar-refractivity contribution in [3.8, 4) is 5.75 Å². The van der Waals surface area contributed by atoms with Gasteiger partial charge in [-0.2, -0.15) is 0 Å². The van der Waals surface area contributed by atoms with E-state index in [0.717, 1.165) is 63.1 Å². The van der Waals surface area contributed by atoms with Gasteiger partial charge in [0.05, 0.1) is 6.04 Å². The van der Waals surface area contributed by atoms with E-state index in [9.17, 15) is 9.90 Å². The Bertz CT molecular complexity index is 1010. The standard InChI is InChI=1S/C30H39N3O2/c1-2-17-33-26-14-15-27(33)22-32(20-16-26)29(25-8-7-9-28(34)21-25)23-10-12-24(13-11-23)30(35)31-18-5-3-4-6-19-31/h2,7-13,21,26-27,29,34H,1,3-6,14-20,22H2. The number of phenolic OH excluding ortho intramolecular Hbond substituents is 1. The first-order valence-electron chi connectivity index (χ1n) is 13.4. The SMILES string of the molecule is C=CCN1C2CCC1CN(C(c1ccc(C(=O)N3CCCCCC3)cc1)c1cccc(O)c1)CC2. The number of carbonyl (C=O) groups excluding carboxylic acids is 1. The van der Waals surface area contributed by atoms with Crippen LogP contribution in [-0.4, -0.2) is 70.5 Å². The van der Waals surface area contributed by atoms with Gasteiger partial charge in [0.2, 0.25) is 0 Å². The number of fused-ring (bicyclic) bond motifs is 2. The summed E-state index contributed by atoms with van der Waals surface area (Å²) >= 11 is 0. The van der Waals surface area contributed by atoms with E-state index in [1.165, 1.54) is 31.2 Å². The quantitative estimate of drug-likeness (QED) is 0.584. The molecule has 3 aliphatic rings. The molecule has 0 radical (unpaired) electrons. The predicted molar refractivity (Wildman–Crippen MR) is 141 cm³/mol. The van der Waals surface area contributed by atoms with Crippen molar-refractivity contribution in [2.24, 2.45) is 0 Å². The molecule has 0 aromatic heterocycles. The molecule has 0 saturated carbocycles. The highest BCUT2D eigenvalue weighted by Crippen LogP contribution is 2.37. The van der Waals surface area contributed by atoms with Crippen LogP contribution in [0.4, 0.5) is 0 Å². The van der Waals surface area contributed by atoms with Crippen LogP contribution in [-0.2, 0) is 0 Å². The zero-order valence-corrected chi connectivity index (χ0v) is 20.8. The average molecular weight is 474 g/mol. The second-order valence-corrected chi connectivity index (χ2v) is 10.5. The van der Waals surface area contributed by atoms with Gasteiger partial charge in [-0.3, -0.25) is 14.6 Å². The number of aromatic hydroxyl groups is 1. The summed E-state index contributed by atoms with van der Waals surface area (Å²) in [5.41, 5.74) is 3.05. The Morgan fingerprint density at radius 1 is 0.943 bits per heavy atom. The Hall–Kier alpha value is -2.63. The second kappa shape index (κ2) is 11.0. The van der Waals surface area contributed by atoms with Gasteiger partial charge >= 0.3 is 0 Å². The Balaban J connectivity index is 1.42. The number of hydrogen-bond acceptors (Lipinski definition) is 4. The van der Waals surface area contributed by atoms with E-state index < -0.39 is 0 Å². The Morgan fingerprint density at radius 2 is 1.69 bits per heavy atom. The van der Waals surface area contributed by atoms with E-state index >= 15 is 0 Å². The lowest BCUT2D eigenvalue weighted by atomic mass is 9.94. The molecule has 3 atom stereocenters. The molecule has 2 aromatic rings. The van der Waals surface area contributed by atoms with Crippen molar-refractivity contribution in [2.75, 3.05) is 32.7 Å². The molecule has 5 nitrogen and oxygen atoms in total. The van der Waals surface area contributed by atoms with Crippen LogP contribution in [0.3, 0.4) is 0 Å². The zero-order valence-electron chi connectivity index (χ0n) is 20.8. The lowest BCUT2D eigenvalue weighted by molar-refractivity contribution is 0.0761. The number of rotatable bonds is 6. The van der Waals surface area contributed by atoms with Crippen LogP contribution in [0.2, 0.25) is 0 Å². The molecule has 0 spiro atoms. The molecule has 0 aliphatic carbocycles. The van der Waals surface area contributed by atoms with Crippen molar-refractivity contribution >= 4 is 5.91 Å². The number of hydrogen-bond donors (Lipinski definition) is 1. The summed E-state index contributed by atoms with van der Waals surface area (Å²) in [5, 5.41) is 10.3. The van der Waals surface area contributed by atoms with Gasteiger partial charge in [0.25, 0.3) is 5.91 Å². The summed E-state index contributed by atoms with van der Waals surface area (Å²) in [6.07, 6.45) is 10.3. The number of likely N-dealkylation sites (tertiary alicyclic amines) is 2. The maximum absolute atomic E-state index is 13.1. The van der Waals surface area contributed by atoms with E-state index in [-0.39, 0.29) is 11.9 Å². The normalized spacial score (nSPS) is 24.5. The molecule has 3 saturated heterocycles. The molecular weight excluding hydrogens is 434 g/mol. The highest BCUT2D eigenvalue weighted by Gasteiger charge is 2.38. The van der Waals surface area contributed by atoms with Gasteiger partial charge in [-0.1, -0.05) is 43.2 Å². The van der Waals surface area contributed by atoms with Gasteiger partial charge < -0.3 is 10.0 Å². The van der Waals surface area contributed by atoms with Crippen molar-refractivity contribution in [3.05, 3.63) is 77.9 Å². The molecule has 5 heteroatoms. The summed E-state index contributed by atoms with van der Waals surface area (Å²) in [7, 11) is 0. The lowest BCUT2D eigenvalue weighted by Crippen LogP contribution is -2.40. The Morgan fingerprint density at radius 3 is 2.40 bits per heavy atom. The fourth-order valence-corrected chi connectivity index (χ4v) is 6.45. The van der Waals surface area contributed by atoms with Crippen LogP contribution in [0.5, 0.6) is 5.75 Å². The summed E-state index contributed by atoms with van der Waals surface area (Å²) in [6, 6.07) is 17.2. The van der Waals surface area contributed by atoms with Crippen LogP contribution in [0, 0.1) is 0 Å². The van der Waals surface area contributed by atoms with Gasteiger partial charge in [-0.25, -0.2) is 0 Å². The number of amides is 1. The van der Waals surface area contributed by atoms with Crippen molar-refractivity contribution in [3.63, 3.8) is 0 Å². The third kappa shape index (κ3) is 5.31. The summed E-state index contributed by atoms with van der Waals surface area (Å²) in [6.45, 7) is 8.69. The maximum atomic E-state index is 13.1. The lowest BCUT2D eigenvalue weighted by Gasteiger charge is -2.34. The Kier molecular flexibility index (Phi) is 7.54. The van der Waals surface area contributed by atoms with E-state index in [1.807, 2.05) is 35.2 Å². The fraction of sp³-hybridized carbons (Fsp3) is 0.500. The monoisotopic (exact) mass is 473 g/mol.